The highest BCUT2D eigenvalue weighted by molar-refractivity contribution is 7.35. The molecule has 90 valence electrons. The SMILES string of the molecule is O=c1sc2cc3cc4c(cc3cc2s1)=C1C=CC=4C1. The number of fused-ring (bicyclic) bond motifs is 5. The van der Waals surface area contributed by atoms with Crippen LogP contribution in [0, 0.1) is 0 Å². The van der Waals surface area contributed by atoms with E-state index in [2.05, 4.69) is 36.4 Å². The highest BCUT2D eigenvalue weighted by Crippen LogP contribution is 2.29. The molecule has 2 aliphatic carbocycles. The van der Waals surface area contributed by atoms with Crippen molar-refractivity contribution in [2.45, 2.75) is 6.42 Å². The first-order chi connectivity index (χ1) is 9.28. The van der Waals surface area contributed by atoms with E-state index in [-0.39, 0.29) is 4.06 Å². The molecule has 0 saturated heterocycles. The van der Waals surface area contributed by atoms with E-state index in [0.717, 1.165) is 15.8 Å². The molecule has 0 N–H and O–H groups in total. The maximum Gasteiger partial charge on any atom is 0.288 e. The minimum absolute atomic E-state index is 0.184. The summed E-state index contributed by atoms with van der Waals surface area (Å²) in [5.74, 6) is 0. The molecular weight excluding hydrogens is 272 g/mol. The summed E-state index contributed by atoms with van der Waals surface area (Å²) >= 11 is 2.71. The molecule has 1 heterocycles. The Labute approximate surface area is 116 Å². The topological polar surface area (TPSA) is 17.1 Å². The zero-order valence-electron chi connectivity index (χ0n) is 9.90. The standard InChI is InChI=1S/C16H8OS2/c17-16-18-14-6-10-4-12-8-1-2-9(3-8)13(12)5-11(10)7-15(14)19-16/h1-2,4-7H,3H2. The molecule has 0 aliphatic heterocycles. The van der Waals surface area contributed by atoms with Gasteiger partial charge in [-0.2, -0.15) is 0 Å². The van der Waals surface area contributed by atoms with E-state index in [9.17, 15) is 4.79 Å². The zero-order valence-corrected chi connectivity index (χ0v) is 11.5. The summed E-state index contributed by atoms with van der Waals surface area (Å²) < 4.78 is 2.40. The molecule has 0 atom stereocenters. The second-order valence-corrected chi connectivity index (χ2v) is 7.35. The van der Waals surface area contributed by atoms with Crippen LogP contribution in [0.1, 0.15) is 6.42 Å². The van der Waals surface area contributed by atoms with Crippen LogP contribution < -0.4 is 14.5 Å². The van der Waals surface area contributed by atoms with Gasteiger partial charge < -0.3 is 0 Å². The van der Waals surface area contributed by atoms with Gasteiger partial charge >= 0.3 is 0 Å². The van der Waals surface area contributed by atoms with Crippen LogP contribution in [0.2, 0.25) is 0 Å². The Kier molecular flexibility index (Phi) is 1.73. The van der Waals surface area contributed by atoms with E-state index in [1.807, 2.05) is 0 Å². The lowest BCUT2D eigenvalue weighted by molar-refractivity contribution is 1.56. The first kappa shape index (κ1) is 10.1. The Morgan fingerprint density at radius 1 is 0.789 bits per heavy atom. The Morgan fingerprint density at radius 2 is 1.32 bits per heavy atom. The van der Waals surface area contributed by atoms with Gasteiger partial charge in [-0.25, -0.2) is 0 Å². The summed E-state index contributed by atoms with van der Waals surface area (Å²) in [5, 5.41) is 5.25. The average Bonchev–Trinajstić information content (AvgIpc) is 3.06. The maximum absolute atomic E-state index is 11.5. The van der Waals surface area contributed by atoms with Crippen molar-refractivity contribution in [2.75, 3.05) is 0 Å². The van der Waals surface area contributed by atoms with E-state index < -0.39 is 0 Å². The van der Waals surface area contributed by atoms with Gasteiger partial charge in [0, 0.05) is 9.40 Å². The Bertz CT molecular complexity index is 1010. The third-order valence-corrected chi connectivity index (χ3v) is 6.06. The van der Waals surface area contributed by atoms with Gasteiger partial charge in [-0.15, -0.1) is 0 Å². The molecule has 5 rings (SSSR count). The van der Waals surface area contributed by atoms with Crippen LogP contribution in [-0.4, -0.2) is 0 Å². The maximum atomic E-state index is 11.5. The zero-order chi connectivity index (χ0) is 12.6. The first-order valence-electron chi connectivity index (χ1n) is 6.20. The van der Waals surface area contributed by atoms with Crippen molar-refractivity contribution < 1.29 is 0 Å². The molecule has 19 heavy (non-hydrogen) atoms. The van der Waals surface area contributed by atoms with Gasteiger partial charge in [0.2, 0.25) is 0 Å². The predicted octanol–water partition coefficient (Wildman–Crippen LogP) is 2.75. The van der Waals surface area contributed by atoms with Crippen LogP contribution in [0.4, 0.5) is 0 Å². The normalized spacial score (nSPS) is 16.0. The van der Waals surface area contributed by atoms with Crippen LogP contribution >= 0.6 is 22.7 Å². The third kappa shape index (κ3) is 1.26. The first-order valence-corrected chi connectivity index (χ1v) is 7.83. The monoisotopic (exact) mass is 280 g/mol. The number of rotatable bonds is 0. The molecule has 2 aliphatic rings. The van der Waals surface area contributed by atoms with Crippen molar-refractivity contribution in [3.05, 3.63) is 55.7 Å². The van der Waals surface area contributed by atoms with Crippen LogP contribution in [0.5, 0.6) is 0 Å². The van der Waals surface area contributed by atoms with Gasteiger partial charge in [0.1, 0.15) is 0 Å². The Hall–Kier alpha value is -1.71. The number of hydrogen-bond donors (Lipinski definition) is 0. The van der Waals surface area contributed by atoms with Crippen LogP contribution in [-0.2, 0) is 0 Å². The fraction of sp³-hybridized carbons (Fsp3) is 0.0625. The van der Waals surface area contributed by atoms with E-state index in [0.29, 0.717) is 0 Å². The van der Waals surface area contributed by atoms with Gasteiger partial charge in [-0.05, 0) is 63.0 Å². The van der Waals surface area contributed by atoms with E-state index in [1.165, 1.54) is 55.0 Å². The van der Waals surface area contributed by atoms with Crippen molar-refractivity contribution in [1.82, 2.24) is 0 Å². The van der Waals surface area contributed by atoms with E-state index >= 15 is 0 Å². The molecule has 3 aromatic rings. The lowest BCUT2D eigenvalue weighted by Crippen LogP contribution is -2.24. The van der Waals surface area contributed by atoms with Crippen molar-refractivity contribution in [3.8, 4) is 0 Å². The summed E-state index contributed by atoms with van der Waals surface area (Å²) in [6.07, 6.45) is 5.54. The summed E-state index contributed by atoms with van der Waals surface area (Å²) in [4.78, 5) is 11.5. The molecule has 2 bridgehead atoms. The Morgan fingerprint density at radius 3 is 1.84 bits per heavy atom. The highest BCUT2D eigenvalue weighted by Gasteiger charge is 2.15. The van der Waals surface area contributed by atoms with Crippen LogP contribution in [0.15, 0.2) is 41.2 Å². The smallest absolute Gasteiger partial charge is 0.265 e. The van der Waals surface area contributed by atoms with Crippen molar-refractivity contribution in [1.29, 1.82) is 0 Å². The molecule has 3 heteroatoms. The van der Waals surface area contributed by atoms with Crippen LogP contribution in [0.3, 0.4) is 0 Å². The van der Waals surface area contributed by atoms with Gasteiger partial charge in [-0.1, -0.05) is 34.8 Å². The lowest BCUT2D eigenvalue weighted by atomic mass is 10.1. The van der Waals surface area contributed by atoms with Gasteiger partial charge in [0.25, 0.3) is 4.06 Å². The molecule has 0 fully saturated rings. The van der Waals surface area contributed by atoms with Gasteiger partial charge in [-0.3, -0.25) is 4.79 Å². The Balaban J connectivity index is 2.05. The predicted molar refractivity (Wildman–Crippen MR) is 83.3 cm³/mol. The summed E-state index contributed by atoms with van der Waals surface area (Å²) in [6.45, 7) is 0. The van der Waals surface area contributed by atoms with Crippen molar-refractivity contribution in [3.63, 3.8) is 0 Å². The molecule has 0 saturated carbocycles. The number of allylic oxidation sites excluding steroid dienone is 2. The molecule has 0 radical (unpaired) electrons. The minimum Gasteiger partial charge on any atom is -0.265 e. The molecular formula is C16H8OS2. The summed E-state index contributed by atoms with van der Waals surface area (Å²) in [6, 6.07) is 8.89. The van der Waals surface area contributed by atoms with Gasteiger partial charge in [0.05, 0.1) is 0 Å². The molecule has 0 spiro atoms. The highest BCUT2D eigenvalue weighted by atomic mass is 32.2. The molecule has 2 aromatic carbocycles. The van der Waals surface area contributed by atoms with E-state index in [4.69, 9.17) is 0 Å². The number of hydrogen-bond acceptors (Lipinski definition) is 3. The van der Waals surface area contributed by atoms with Crippen molar-refractivity contribution >= 4 is 54.0 Å². The summed E-state index contributed by atoms with van der Waals surface area (Å²) in [7, 11) is 0. The molecule has 0 unspecified atom stereocenters. The summed E-state index contributed by atoms with van der Waals surface area (Å²) in [5.41, 5.74) is 2.87. The number of benzene rings is 2. The van der Waals surface area contributed by atoms with E-state index in [1.54, 1.807) is 0 Å². The minimum atomic E-state index is 0.184. The van der Waals surface area contributed by atoms with Gasteiger partial charge in [0.15, 0.2) is 0 Å². The third-order valence-electron chi connectivity index (χ3n) is 3.98. The second kappa shape index (κ2) is 3.24. The van der Waals surface area contributed by atoms with Crippen molar-refractivity contribution in [2.24, 2.45) is 0 Å². The largest absolute Gasteiger partial charge is 0.288 e. The fourth-order valence-electron chi connectivity index (χ4n) is 3.09. The average molecular weight is 280 g/mol. The quantitative estimate of drug-likeness (QED) is 0.619. The fourth-order valence-corrected chi connectivity index (χ4v) is 5.10. The molecule has 1 nitrogen and oxygen atoms in total. The molecule has 0 amide bonds. The lowest BCUT2D eigenvalue weighted by Gasteiger charge is -2.00. The van der Waals surface area contributed by atoms with Crippen LogP contribution in [0.25, 0.3) is 31.3 Å². The molecule has 1 aromatic heterocycles. The second-order valence-electron chi connectivity index (χ2n) is 5.06.